The van der Waals surface area contributed by atoms with E-state index in [2.05, 4.69) is 15.2 Å². The Hall–Kier alpha value is -2.73. The van der Waals surface area contributed by atoms with Crippen molar-refractivity contribution in [3.8, 4) is 0 Å². The van der Waals surface area contributed by atoms with Crippen molar-refractivity contribution in [1.82, 2.24) is 20.1 Å². The van der Waals surface area contributed by atoms with Crippen LogP contribution in [0.3, 0.4) is 0 Å². The zero-order valence-electron chi connectivity index (χ0n) is 17.5. The lowest BCUT2D eigenvalue weighted by Gasteiger charge is -2.37. The average Bonchev–Trinajstić information content (AvgIpc) is 2.73. The predicted octanol–water partition coefficient (Wildman–Crippen LogP) is 2.49. The second-order valence-corrected chi connectivity index (χ2v) is 7.98. The molecular weight excluding hydrogens is 364 g/mol. The van der Waals surface area contributed by atoms with Crippen LogP contribution in [0.2, 0.25) is 0 Å². The van der Waals surface area contributed by atoms with Crippen LogP contribution in [0.25, 0.3) is 0 Å². The van der Waals surface area contributed by atoms with Crippen LogP contribution in [0.15, 0.2) is 48.7 Å². The molecule has 1 atom stereocenters. The van der Waals surface area contributed by atoms with E-state index in [4.69, 9.17) is 0 Å². The number of nitrogens with one attached hydrogen (secondary N) is 1. The van der Waals surface area contributed by atoms with Crippen LogP contribution in [0.5, 0.6) is 0 Å². The highest BCUT2D eigenvalue weighted by Crippen LogP contribution is 2.13. The number of aryl methyl sites for hydroxylation is 1. The SMILES string of the molecule is Cc1ccc(C(=O)N[C@H](C(=O)N2CCN(Cc3ccccn3)CC2)C(C)C)cc1. The molecule has 3 rings (SSSR count). The summed E-state index contributed by atoms with van der Waals surface area (Å²) in [5.74, 6) is -0.188. The first-order valence-corrected chi connectivity index (χ1v) is 10.2. The lowest BCUT2D eigenvalue weighted by molar-refractivity contribution is -0.136. The summed E-state index contributed by atoms with van der Waals surface area (Å²) < 4.78 is 0. The number of pyridine rings is 1. The molecule has 0 radical (unpaired) electrons. The number of rotatable bonds is 6. The van der Waals surface area contributed by atoms with Crippen LogP contribution in [0, 0.1) is 12.8 Å². The minimum atomic E-state index is -0.522. The van der Waals surface area contributed by atoms with E-state index >= 15 is 0 Å². The Bertz CT molecular complexity index is 813. The fourth-order valence-corrected chi connectivity index (χ4v) is 3.49. The monoisotopic (exact) mass is 394 g/mol. The number of nitrogens with zero attached hydrogens (tertiary/aromatic N) is 3. The summed E-state index contributed by atoms with van der Waals surface area (Å²) in [6.45, 7) is 9.64. The van der Waals surface area contributed by atoms with Crippen molar-refractivity contribution in [2.24, 2.45) is 5.92 Å². The fraction of sp³-hybridized carbons (Fsp3) is 0.435. The van der Waals surface area contributed by atoms with Crippen molar-refractivity contribution in [3.05, 3.63) is 65.5 Å². The van der Waals surface area contributed by atoms with Gasteiger partial charge in [0.2, 0.25) is 5.91 Å². The number of carbonyl (C=O) groups excluding carboxylic acids is 2. The Balaban J connectivity index is 1.57. The summed E-state index contributed by atoms with van der Waals surface area (Å²) in [7, 11) is 0. The first-order valence-electron chi connectivity index (χ1n) is 10.2. The Morgan fingerprint density at radius 2 is 1.72 bits per heavy atom. The number of carbonyl (C=O) groups is 2. The Labute approximate surface area is 172 Å². The second kappa shape index (κ2) is 9.65. The molecule has 6 heteroatoms. The van der Waals surface area contributed by atoms with E-state index in [0.717, 1.165) is 30.9 Å². The van der Waals surface area contributed by atoms with Gasteiger partial charge < -0.3 is 10.2 Å². The first kappa shape index (κ1) is 21.0. The van der Waals surface area contributed by atoms with Gasteiger partial charge in [0.25, 0.3) is 5.91 Å². The number of benzene rings is 1. The molecule has 1 N–H and O–H groups in total. The van der Waals surface area contributed by atoms with E-state index in [9.17, 15) is 9.59 Å². The van der Waals surface area contributed by atoms with Crippen LogP contribution < -0.4 is 5.32 Å². The summed E-state index contributed by atoms with van der Waals surface area (Å²) in [6.07, 6.45) is 1.80. The molecule has 6 nitrogen and oxygen atoms in total. The van der Waals surface area contributed by atoms with E-state index in [1.807, 2.05) is 56.0 Å². The molecule has 29 heavy (non-hydrogen) atoms. The lowest BCUT2D eigenvalue weighted by atomic mass is 10.0. The van der Waals surface area contributed by atoms with Crippen LogP contribution in [0.4, 0.5) is 0 Å². The molecule has 1 saturated heterocycles. The maximum absolute atomic E-state index is 13.1. The normalized spacial score (nSPS) is 15.9. The van der Waals surface area contributed by atoms with Crippen molar-refractivity contribution in [3.63, 3.8) is 0 Å². The highest BCUT2D eigenvalue weighted by Gasteiger charge is 2.31. The molecule has 1 fully saturated rings. The number of hydrogen-bond donors (Lipinski definition) is 1. The third kappa shape index (κ3) is 5.64. The minimum absolute atomic E-state index is 0.00190. The van der Waals surface area contributed by atoms with Crippen LogP contribution in [-0.2, 0) is 11.3 Å². The molecule has 0 bridgehead atoms. The molecule has 154 valence electrons. The van der Waals surface area contributed by atoms with E-state index < -0.39 is 6.04 Å². The molecule has 1 aromatic carbocycles. The van der Waals surface area contributed by atoms with Gasteiger partial charge in [0.1, 0.15) is 6.04 Å². The van der Waals surface area contributed by atoms with Gasteiger partial charge in [0, 0.05) is 44.5 Å². The zero-order valence-corrected chi connectivity index (χ0v) is 17.5. The molecule has 2 aromatic rings. The van der Waals surface area contributed by atoms with E-state index in [0.29, 0.717) is 18.7 Å². The van der Waals surface area contributed by atoms with Crippen molar-refractivity contribution < 1.29 is 9.59 Å². The van der Waals surface area contributed by atoms with Gasteiger partial charge in [-0.1, -0.05) is 37.6 Å². The number of amides is 2. The smallest absolute Gasteiger partial charge is 0.251 e. The highest BCUT2D eigenvalue weighted by atomic mass is 16.2. The largest absolute Gasteiger partial charge is 0.340 e. The van der Waals surface area contributed by atoms with E-state index in [-0.39, 0.29) is 17.7 Å². The highest BCUT2D eigenvalue weighted by molar-refractivity contribution is 5.97. The molecule has 0 spiro atoms. The summed E-state index contributed by atoms with van der Waals surface area (Å²) >= 11 is 0. The summed E-state index contributed by atoms with van der Waals surface area (Å²) in [5, 5.41) is 2.95. The lowest BCUT2D eigenvalue weighted by Crippen LogP contribution is -2.56. The Kier molecular flexibility index (Phi) is 6.99. The minimum Gasteiger partial charge on any atom is -0.340 e. The molecule has 0 saturated carbocycles. The van der Waals surface area contributed by atoms with Gasteiger partial charge in [-0.05, 0) is 37.1 Å². The zero-order chi connectivity index (χ0) is 20.8. The molecule has 0 unspecified atom stereocenters. The van der Waals surface area contributed by atoms with Crippen molar-refractivity contribution >= 4 is 11.8 Å². The van der Waals surface area contributed by atoms with Gasteiger partial charge in [0.15, 0.2) is 0 Å². The van der Waals surface area contributed by atoms with Gasteiger partial charge in [0.05, 0.1) is 5.69 Å². The van der Waals surface area contributed by atoms with Gasteiger partial charge in [-0.3, -0.25) is 19.5 Å². The van der Waals surface area contributed by atoms with Gasteiger partial charge in [-0.25, -0.2) is 0 Å². The third-order valence-electron chi connectivity index (χ3n) is 5.33. The van der Waals surface area contributed by atoms with Gasteiger partial charge >= 0.3 is 0 Å². The summed E-state index contributed by atoms with van der Waals surface area (Å²) in [5.41, 5.74) is 2.72. The quantitative estimate of drug-likeness (QED) is 0.818. The van der Waals surface area contributed by atoms with Crippen LogP contribution >= 0.6 is 0 Å². The van der Waals surface area contributed by atoms with Crippen molar-refractivity contribution in [1.29, 1.82) is 0 Å². The third-order valence-corrected chi connectivity index (χ3v) is 5.33. The first-order chi connectivity index (χ1) is 13.9. The second-order valence-electron chi connectivity index (χ2n) is 7.98. The standard InChI is InChI=1S/C23H30N4O2/c1-17(2)21(25-22(28)19-9-7-18(3)8-10-19)23(29)27-14-12-26(13-15-27)16-20-6-4-5-11-24-20/h4-11,17,21H,12-16H2,1-3H3,(H,25,28)/t21-/m0/s1. The maximum atomic E-state index is 13.1. The van der Waals surface area contributed by atoms with Crippen molar-refractivity contribution in [2.45, 2.75) is 33.4 Å². The molecule has 1 aromatic heterocycles. The number of aromatic nitrogens is 1. The van der Waals surface area contributed by atoms with Crippen LogP contribution in [-0.4, -0.2) is 58.8 Å². The molecule has 2 heterocycles. The maximum Gasteiger partial charge on any atom is 0.251 e. The molecular formula is C23H30N4O2. The number of hydrogen-bond acceptors (Lipinski definition) is 4. The van der Waals surface area contributed by atoms with Crippen molar-refractivity contribution in [2.75, 3.05) is 26.2 Å². The summed E-state index contributed by atoms with van der Waals surface area (Å²) in [6, 6.07) is 12.8. The molecule has 1 aliphatic heterocycles. The molecule has 1 aliphatic rings. The van der Waals surface area contributed by atoms with Gasteiger partial charge in [-0.15, -0.1) is 0 Å². The van der Waals surface area contributed by atoms with E-state index in [1.165, 1.54) is 0 Å². The Morgan fingerprint density at radius 3 is 2.31 bits per heavy atom. The number of piperazine rings is 1. The molecule has 2 amide bonds. The Morgan fingerprint density at radius 1 is 1.03 bits per heavy atom. The van der Waals surface area contributed by atoms with Crippen LogP contribution in [0.1, 0.15) is 35.5 Å². The topological polar surface area (TPSA) is 65.5 Å². The van der Waals surface area contributed by atoms with E-state index in [1.54, 1.807) is 18.3 Å². The summed E-state index contributed by atoms with van der Waals surface area (Å²) in [4.78, 5) is 34.3. The predicted molar refractivity (Wildman–Crippen MR) is 113 cm³/mol. The average molecular weight is 395 g/mol. The fourth-order valence-electron chi connectivity index (χ4n) is 3.49. The molecule has 0 aliphatic carbocycles. The van der Waals surface area contributed by atoms with Gasteiger partial charge in [-0.2, -0.15) is 0 Å².